The Hall–Kier alpha value is -2.44. The van der Waals surface area contributed by atoms with Crippen LogP contribution >= 0.6 is 0 Å². The predicted molar refractivity (Wildman–Crippen MR) is 115 cm³/mol. The van der Waals surface area contributed by atoms with Crippen molar-refractivity contribution in [3.05, 3.63) is 53.2 Å². The first-order valence-electron chi connectivity index (χ1n) is 10.4. The number of nitrogens with two attached hydrogens (primary N) is 1. The highest BCUT2D eigenvalue weighted by Crippen LogP contribution is 2.26. The number of nitrogens with zero attached hydrogens (tertiary/aromatic N) is 3. The van der Waals surface area contributed by atoms with Crippen molar-refractivity contribution in [1.29, 1.82) is 0 Å². The number of rotatable bonds is 8. The smallest absolute Gasteiger partial charge is 0.250 e. The molecule has 1 aromatic carbocycles. The van der Waals surface area contributed by atoms with Crippen LogP contribution in [0.3, 0.4) is 0 Å². The minimum Gasteiger partial charge on any atom is -0.439 e. The maximum atomic E-state index is 11.1. The first-order chi connectivity index (χ1) is 13.8. The van der Waals surface area contributed by atoms with E-state index >= 15 is 0 Å². The lowest BCUT2D eigenvalue weighted by Gasteiger charge is -2.35. The van der Waals surface area contributed by atoms with E-state index in [2.05, 4.69) is 54.6 Å². The van der Waals surface area contributed by atoms with E-state index in [0.717, 1.165) is 38.3 Å². The SMILES string of the molecule is CC(C)N(CCN1CCc2cc(Oc3ccc(C(N)=O)cn3)ccc2C1)C(C)C. The van der Waals surface area contributed by atoms with Crippen LogP contribution in [0.15, 0.2) is 36.5 Å². The normalized spacial score (nSPS) is 14.4. The van der Waals surface area contributed by atoms with Crippen molar-refractivity contribution in [2.75, 3.05) is 19.6 Å². The molecule has 0 unspecified atom stereocenters. The summed E-state index contributed by atoms with van der Waals surface area (Å²) in [5.74, 6) is 0.726. The molecule has 2 heterocycles. The van der Waals surface area contributed by atoms with Gasteiger partial charge in [-0.15, -0.1) is 0 Å². The van der Waals surface area contributed by atoms with Crippen LogP contribution in [-0.2, 0) is 13.0 Å². The fourth-order valence-corrected chi connectivity index (χ4v) is 3.92. The van der Waals surface area contributed by atoms with Gasteiger partial charge in [-0.05, 0) is 63.4 Å². The van der Waals surface area contributed by atoms with E-state index < -0.39 is 5.91 Å². The lowest BCUT2D eigenvalue weighted by Crippen LogP contribution is -2.43. The van der Waals surface area contributed by atoms with Crippen molar-refractivity contribution >= 4 is 5.91 Å². The van der Waals surface area contributed by atoms with Gasteiger partial charge in [0, 0.05) is 50.5 Å². The summed E-state index contributed by atoms with van der Waals surface area (Å²) in [6.45, 7) is 13.3. The number of fused-ring (bicyclic) bond motifs is 1. The van der Waals surface area contributed by atoms with Crippen LogP contribution in [-0.4, -0.2) is 52.4 Å². The molecule has 0 fully saturated rings. The molecule has 0 spiro atoms. The van der Waals surface area contributed by atoms with Gasteiger partial charge in [0.15, 0.2) is 0 Å². The Morgan fingerprint density at radius 3 is 2.55 bits per heavy atom. The average molecular weight is 397 g/mol. The summed E-state index contributed by atoms with van der Waals surface area (Å²) in [6, 6.07) is 10.7. The van der Waals surface area contributed by atoms with Crippen molar-refractivity contribution in [2.45, 2.75) is 52.7 Å². The van der Waals surface area contributed by atoms with Gasteiger partial charge < -0.3 is 10.5 Å². The van der Waals surface area contributed by atoms with Crippen molar-refractivity contribution in [1.82, 2.24) is 14.8 Å². The number of primary amides is 1. The zero-order valence-electron chi connectivity index (χ0n) is 17.9. The first kappa shape index (κ1) is 21.3. The summed E-state index contributed by atoms with van der Waals surface area (Å²) in [5.41, 5.74) is 8.31. The molecule has 6 nitrogen and oxygen atoms in total. The third-order valence-electron chi connectivity index (χ3n) is 5.51. The Bertz CT molecular complexity index is 825. The molecule has 1 amide bonds. The van der Waals surface area contributed by atoms with Crippen LogP contribution in [0.2, 0.25) is 0 Å². The maximum Gasteiger partial charge on any atom is 0.250 e. The number of ether oxygens (including phenoxy) is 1. The van der Waals surface area contributed by atoms with E-state index in [1.54, 1.807) is 12.1 Å². The van der Waals surface area contributed by atoms with Crippen molar-refractivity contribution in [2.24, 2.45) is 5.73 Å². The fraction of sp³-hybridized carbons (Fsp3) is 0.478. The number of aromatic nitrogens is 1. The number of benzene rings is 1. The van der Waals surface area contributed by atoms with Crippen LogP contribution in [0.5, 0.6) is 11.6 Å². The van der Waals surface area contributed by atoms with Gasteiger partial charge in [0.25, 0.3) is 0 Å². The van der Waals surface area contributed by atoms with Gasteiger partial charge in [-0.2, -0.15) is 0 Å². The summed E-state index contributed by atoms with van der Waals surface area (Å²) < 4.78 is 5.85. The van der Waals surface area contributed by atoms with Crippen molar-refractivity contribution < 1.29 is 9.53 Å². The zero-order valence-corrected chi connectivity index (χ0v) is 17.9. The highest BCUT2D eigenvalue weighted by atomic mass is 16.5. The molecule has 3 rings (SSSR count). The van der Waals surface area contributed by atoms with Gasteiger partial charge >= 0.3 is 0 Å². The lowest BCUT2D eigenvalue weighted by atomic mass is 9.99. The Balaban J connectivity index is 1.59. The van der Waals surface area contributed by atoms with Crippen LogP contribution in [0.25, 0.3) is 0 Å². The summed E-state index contributed by atoms with van der Waals surface area (Å²) in [5, 5.41) is 0. The minimum atomic E-state index is -0.493. The largest absolute Gasteiger partial charge is 0.439 e. The van der Waals surface area contributed by atoms with E-state index in [-0.39, 0.29) is 0 Å². The van der Waals surface area contributed by atoms with Gasteiger partial charge in [0.05, 0.1) is 5.56 Å². The molecule has 2 N–H and O–H groups in total. The average Bonchev–Trinajstić information content (AvgIpc) is 2.68. The summed E-state index contributed by atoms with van der Waals surface area (Å²) in [7, 11) is 0. The third kappa shape index (κ3) is 5.55. The standard InChI is InChI=1S/C23H32N4O2/c1-16(2)27(17(3)4)12-11-26-10-9-18-13-21(7-5-20(18)15-26)29-22-8-6-19(14-25-22)23(24)28/h5-8,13-14,16-17H,9-12,15H2,1-4H3,(H2,24,28). The zero-order chi connectivity index (χ0) is 21.0. The highest BCUT2D eigenvalue weighted by molar-refractivity contribution is 5.92. The predicted octanol–water partition coefficient (Wildman–Crippen LogP) is 3.45. The molecule has 1 aliphatic heterocycles. The van der Waals surface area contributed by atoms with E-state index in [4.69, 9.17) is 10.5 Å². The number of hydrogen-bond acceptors (Lipinski definition) is 5. The van der Waals surface area contributed by atoms with Gasteiger partial charge in [0.1, 0.15) is 5.75 Å². The molecule has 156 valence electrons. The molecule has 0 saturated heterocycles. The van der Waals surface area contributed by atoms with Gasteiger partial charge in [0.2, 0.25) is 11.8 Å². The van der Waals surface area contributed by atoms with E-state index in [0.29, 0.717) is 23.5 Å². The van der Waals surface area contributed by atoms with Crippen LogP contribution in [0.4, 0.5) is 0 Å². The van der Waals surface area contributed by atoms with E-state index in [1.807, 2.05) is 6.07 Å². The van der Waals surface area contributed by atoms with E-state index in [1.165, 1.54) is 17.3 Å². The number of pyridine rings is 1. The molecule has 2 aromatic rings. The maximum absolute atomic E-state index is 11.1. The first-order valence-corrected chi connectivity index (χ1v) is 10.4. The molecular formula is C23H32N4O2. The molecule has 1 aromatic heterocycles. The van der Waals surface area contributed by atoms with Crippen LogP contribution < -0.4 is 10.5 Å². The topological polar surface area (TPSA) is 71.7 Å². The quantitative estimate of drug-likeness (QED) is 0.740. The minimum absolute atomic E-state index is 0.372. The van der Waals surface area contributed by atoms with Crippen molar-refractivity contribution in [3.8, 4) is 11.6 Å². The molecule has 1 aliphatic rings. The van der Waals surface area contributed by atoms with Crippen molar-refractivity contribution in [3.63, 3.8) is 0 Å². The molecule has 0 radical (unpaired) electrons. The number of carbonyl (C=O) groups excluding carboxylic acids is 1. The third-order valence-corrected chi connectivity index (χ3v) is 5.51. The molecular weight excluding hydrogens is 364 g/mol. The number of carbonyl (C=O) groups is 1. The Kier molecular flexibility index (Phi) is 6.87. The van der Waals surface area contributed by atoms with E-state index in [9.17, 15) is 4.79 Å². The molecule has 0 bridgehead atoms. The second-order valence-corrected chi connectivity index (χ2v) is 8.23. The fourth-order valence-electron chi connectivity index (χ4n) is 3.92. The Morgan fingerprint density at radius 2 is 1.93 bits per heavy atom. The summed E-state index contributed by atoms with van der Waals surface area (Å²) in [4.78, 5) is 20.4. The Morgan fingerprint density at radius 1 is 1.17 bits per heavy atom. The highest BCUT2D eigenvalue weighted by Gasteiger charge is 2.19. The monoisotopic (exact) mass is 396 g/mol. The van der Waals surface area contributed by atoms with Gasteiger partial charge in [-0.25, -0.2) is 4.98 Å². The number of amides is 1. The van der Waals surface area contributed by atoms with Gasteiger partial charge in [-0.3, -0.25) is 14.6 Å². The molecule has 29 heavy (non-hydrogen) atoms. The second-order valence-electron chi connectivity index (χ2n) is 8.23. The summed E-state index contributed by atoms with van der Waals surface area (Å²) in [6.07, 6.45) is 2.45. The molecule has 0 saturated carbocycles. The number of hydrogen-bond donors (Lipinski definition) is 1. The summed E-state index contributed by atoms with van der Waals surface area (Å²) >= 11 is 0. The lowest BCUT2D eigenvalue weighted by molar-refractivity contribution is 0.1000. The van der Waals surface area contributed by atoms with Crippen LogP contribution in [0, 0.1) is 0 Å². The second kappa shape index (κ2) is 9.37. The molecule has 0 aliphatic carbocycles. The molecule has 0 atom stereocenters. The van der Waals surface area contributed by atoms with Gasteiger partial charge in [-0.1, -0.05) is 6.07 Å². The molecule has 6 heteroatoms. The Labute approximate surface area is 173 Å². The van der Waals surface area contributed by atoms with Crippen LogP contribution in [0.1, 0.15) is 49.2 Å².